The predicted molar refractivity (Wildman–Crippen MR) is 103 cm³/mol. The Morgan fingerprint density at radius 1 is 1.24 bits per heavy atom. The number of aromatic nitrogens is 3. The zero-order valence-electron chi connectivity index (χ0n) is 14.2. The van der Waals surface area contributed by atoms with Crippen LogP contribution in [0.4, 0.5) is 0 Å². The van der Waals surface area contributed by atoms with Crippen LogP contribution in [0.25, 0.3) is 21.3 Å². The van der Waals surface area contributed by atoms with Gasteiger partial charge in [0, 0.05) is 11.4 Å². The van der Waals surface area contributed by atoms with Gasteiger partial charge in [-0.05, 0) is 38.5 Å². The van der Waals surface area contributed by atoms with Crippen LogP contribution in [0.3, 0.4) is 0 Å². The smallest absolute Gasteiger partial charge is 0.263 e. The van der Waals surface area contributed by atoms with E-state index in [1.807, 2.05) is 45.0 Å². The number of thiophene rings is 1. The highest BCUT2D eigenvalue weighted by Crippen LogP contribution is 2.29. The van der Waals surface area contributed by atoms with E-state index in [0.717, 1.165) is 31.8 Å². The maximum Gasteiger partial charge on any atom is 0.263 e. The summed E-state index contributed by atoms with van der Waals surface area (Å²) in [7, 11) is 0. The summed E-state index contributed by atoms with van der Waals surface area (Å²) in [6.07, 6.45) is 0. The second-order valence-corrected chi connectivity index (χ2v) is 7.92. The molecule has 4 rings (SSSR count). The highest BCUT2D eigenvalue weighted by Gasteiger charge is 2.17. The molecule has 1 aromatic carbocycles. The van der Waals surface area contributed by atoms with Gasteiger partial charge in [0.1, 0.15) is 10.3 Å². The van der Waals surface area contributed by atoms with Crippen LogP contribution in [-0.2, 0) is 12.3 Å². The van der Waals surface area contributed by atoms with Crippen molar-refractivity contribution in [2.24, 2.45) is 0 Å². The number of thioether (sulfide) groups is 1. The van der Waals surface area contributed by atoms with Crippen molar-refractivity contribution >= 4 is 44.4 Å². The molecule has 0 aliphatic rings. The molecule has 0 N–H and O–H groups in total. The van der Waals surface area contributed by atoms with E-state index >= 15 is 0 Å². The molecule has 25 heavy (non-hydrogen) atoms. The van der Waals surface area contributed by atoms with Gasteiger partial charge in [-0.3, -0.25) is 9.36 Å². The number of fused-ring (bicyclic) bond motifs is 2. The molecule has 4 aromatic rings. The lowest BCUT2D eigenvalue weighted by Crippen LogP contribution is -2.22. The molecule has 0 aliphatic heterocycles. The average Bonchev–Trinajstić information content (AvgIpc) is 3.14. The van der Waals surface area contributed by atoms with E-state index in [0.29, 0.717) is 23.3 Å². The first-order valence-corrected chi connectivity index (χ1v) is 9.86. The monoisotopic (exact) mass is 371 g/mol. The zero-order valence-corrected chi connectivity index (χ0v) is 15.8. The van der Waals surface area contributed by atoms with E-state index in [9.17, 15) is 4.79 Å². The van der Waals surface area contributed by atoms with E-state index in [1.54, 1.807) is 15.9 Å². The lowest BCUT2D eigenvalue weighted by Gasteiger charge is -2.09. The van der Waals surface area contributed by atoms with E-state index < -0.39 is 0 Å². The Morgan fingerprint density at radius 2 is 2.04 bits per heavy atom. The fraction of sp³-hybridized carbons (Fsp3) is 0.278. The minimum absolute atomic E-state index is 0.0365. The van der Waals surface area contributed by atoms with Crippen LogP contribution in [0.15, 0.2) is 38.6 Å². The normalized spacial score (nSPS) is 11.6. The Morgan fingerprint density at radius 3 is 2.80 bits per heavy atom. The highest BCUT2D eigenvalue weighted by atomic mass is 32.2. The first-order valence-electron chi connectivity index (χ1n) is 8.06. The van der Waals surface area contributed by atoms with Gasteiger partial charge in [0.05, 0.1) is 11.1 Å². The molecule has 7 heteroatoms. The van der Waals surface area contributed by atoms with Gasteiger partial charge in [-0.25, -0.2) is 9.97 Å². The molecule has 0 atom stereocenters. The molecule has 0 unspecified atom stereocenters. The molecule has 0 amide bonds. The van der Waals surface area contributed by atoms with Crippen LogP contribution < -0.4 is 5.56 Å². The van der Waals surface area contributed by atoms with Crippen molar-refractivity contribution in [3.05, 3.63) is 51.0 Å². The van der Waals surface area contributed by atoms with Crippen LogP contribution in [0, 0.1) is 13.8 Å². The highest BCUT2D eigenvalue weighted by molar-refractivity contribution is 7.98. The predicted octanol–water partition coefficient (Wildman–Crippen LogP) is 4.53. The van der Waals surface area contributed by atoms with E-state index in [4.69, 9.17) is 9.40 Å². The van der Waals surface area contributed by atoms with Gasteiger partial charge >= 0.3 is 0 Å². The maximum absolute atomic E-state index is 12.8. The number of para-hydroxylation sites is 2. The van der Waals surface area contributed by atoms with Gasteiger partial charge in [0.25, 0.3) is 5.56 Å². The number of aryl methyl sites for hydroxylation is 2. The van der Waals surface area contributed by atoms with Gasteiger partial charge in [0.2, 0.25) is 5.89 Å². The van der Waals surface area contributed by atoms with Crippen LogP contribution in [-0.4, -0.2) is 14.5 Å². The van der Waals surface area contributed by atoms with Gasteiger partial charge < -0.3 is 4.42 Å². The molecule has 5 nitrogen and oxygen atoms in total. The summed E-state index contributed by atoms with van der Waals surface area (Å²) >= 11 is 3.06. The number of nitrogens with zero attached hydrogens (tertiary/aromatic N) is 3. The molecule has 0 saturated carbocycles. The summed E-state index contributed by atoms with van der Waals surface area (Å²) in [5, 5.41) is 1.46. The van der Waals surface area contributed by atoms with Gasteiger partial charge in [-0.1, -0.05) is 23.9 Å². The fourth-order valence-electron chi connectivity index (χ4n) is 2.81. The van der Waals surface area contributed by atoms with Crippen molar-refractivity contribution in [2.45, 2.75) is 38.2 Å². The standard InChI is InChI=1S/C18H17N3O2S2/c1-4-21-17(22)15-10(2)11(3)25-16(15)20-18(21)24-9-14-19-12-7-5-6-8-13(12)23-14/h5-8H,4,9H2,1-3H3. The molecule has 0 aliphatic carbocycles. The largest absolute Gasteiger partial charge is 0.440 e. The van der Waals surface area contributed by atoms with Gasteiger partial charge in [0.15, 0.2) is 10.7 Å². The number of hydrogen-bond acceptors (Lipinski definition) is 6. The quantitative estimate of drug-likeness (QED) is 0.390. The summed E-state index contributed by atoms with van der Waals surface area (Å²) in [6, 6.07) is 7.69. The third-order valence-electron chi connectivity index (χ3n) is 4.23. The number of rotatable bonds is 4. The molecule has 0 spiro atoms. The van der Waals surface area contributed by atoms with Crippen molar-refractivity contribution in [1.82, 2.24) is 14.5 Å². The third kappa shape index (κ3) is 2.77. The summed E-state index contributed by atoms with van der Waals surface area (Å²) in [5.74, 6) is 1.18. The Balaban J connectivity index is 1.72. The number of benzene rings is 1. The lowest BCUT2D eigenvalue weighted by molar-refractivity contribution is 0.555. The van der Waals surface area contributed by atoms with Crippen molar-refractivity contribution in [2.75, 3.05) is 0 Å². The fourth-order valence-corrected chi connectivity index (χ4v) is 4.78. The topological polar surface area (TPSA) is 60.9 Å². The number of hydrogen-bond donors (Lipinski definition) is 0. The molecular weight excluding hydrogens is 354 g/mol. The second kappa shape index (κ2) is 6.31. The Hall–Kier alpha value is -2.12. The molecule has 0 saturated heterocycles. The summed E-state index contributed by atoms with van der Waals surface area (Å²) in [4.78, 5) is 24.0. The van der Waals surface area contributed by atoms with Crippen molar-refractivity contribution in [3.8, 4) is 0 Å². The Bertz CT molecular complexity index is 1110. The van der Waals surface area contributed by atoms with E-state index in [-0.39, 0.29) is 5.56 Å². The second-order valence-electron chi connectivity index (χ2n) is 5.77. The van der Waals surface area contributed by atoms with Crippen LogP contribution >= 0.6 is 23.1 Å². The maximum atomic E-state index is 12.8. The number of oxazole rings is 1. The molecule has 0 fully saturated rings. The molecule has 128 valence electrons. The lowest BCUT2D eigenvalue weighted by atomic mass is 10.2. The summed E-state index contributed by atoms with van der Waals surface area (Å²) in [5.41, 5.74) is 2.70. The summed E-state index contributed by atoms with van der Waals surface area (Å²) < 4.78 is 7.49. The molecule has 3 heterocycles. The first kappa shape index (κ1) is 16.4. The Kier molecular flexibility index (Phi) is 4.13. The van der Waals surface area contributed by atoms with Crippen molar-refractivity contribution in [3.63, 3.8) is 0 Å². The van der Waals surface area contributed by atoms with Crippen LogP contribution in [0.1, 0.15) is 23.3 Å². The van der Waals surface area contributed by atoms with Crippen molar-refractivity contribution < 1.29 is 4.42 Å². The van der Waals surface area contributed by atoms with Gasteiger partial charge in [-0.15, -0.1) is 11.3 Å². The average molecular weight is 371 g/mol. The summed E-state index contributed by atoms with van der Waals surface area (Å²) in [6.45, 7) is 6.57. The minimum atomic E-state index is 0.0365. The Labute approximate surface area is 152 Å². The SMILES string of the molecule is CCn1c(SCc2nc3ccccc3o2)nc2sc(C)c(C)c2c1=O. The zero-order chi connectivity index (χ0) is 17.6. The first-order chi connectivity index (χ1) is 12.1. The molecule has 3 aromatic heterocycles. The molecule has 0 bridgehead atoms. The van der Waals surface area contributed by atoms with E-state index in [2.05, 4.69) is 4.98 Å². The molecule has 0 radical (unpaired) electrons. The van der Waals surface area contributed by atoms with E-state index in [1.165, 1.54) is 11.8 Å². The molecular formula is C18H17N3O2S2. The van der Waals surface area contributed by atoms with Crippen LogP contribution in [0.2, 0.25) is 0 Å². The van der Waals surface area contributed by atoms with Crippen LogP contribution in [0.5, 0.6) is 0 Å². The van der Waals surface area contributed by atoms with Crippen molar-refractivity contribution in [1.29, 1.82) is 0 Å². The van der Waals surface area contributed by atoms with Gasteiger partial charge in [-0.2, -0.15) is 0 Å². The third-order valence-corrected chi connectivity index (χ3v) is 6.30. The minimum Gasteiger partial charge on any atom is -0.440 e.